The lowest BCUT2D eigenvalue weighted by molar-refractivity contribution is -0.136. The van der Waals surface area contributed by atoms with E-state index in [2.05, 4.69) is 9.88 Å². The van der Waals surface area contributed by atoms with E-state index in [4.69, 9.17) is 0 Å². The minimum absolute atomic E-state index is 0.135. The van der Waals surface area contributed by atoms with E-state index in [0.29, 0.717) is 6.42 Å². The summed E-state index contributed by atoms with van der Waals surface area (Å²) in [6.07, 6.45) is 2.38. The van der Waals surface area contributed by atoms with Gasteiger partial charge in [0.05, 0.1) is 5.69 Å². The minimum atomic E-state index is -0.250. The zero-order valence-corrected chi connectivity index (χ0v) is 14.6. The van der Waals surface area contributed by atoms with Crippen LogP contribution in [0.4, 0.5) is 4.39 Å². The predicted octanol–water partition coefficient (Wildman–Crippen LogP) is 2.74. The van der Waals surface area contributed by atoms with Gasteiger partial charge in [-0.05, 0) is 36.2 Å². The molecule has 0 bridgehead atoms. The largest absolute Gasteiger partial charge is 0.340 e. The van der Waals surface area contributed by atoms with Crippen LogP contribution in [0.25, 0.3) is 0 Å². The van der Waals surface area contributed by atoms with Crippen molar-refractivity contribution in [1.82, 2.24) is 14.8 Å². The summed E-state index contributed by atoms with van der Waals surface area (Å²) in [5, 5.41) is 0. The Hall–Kier alpha value is -2.27. The van der Waals surface area contributed by atoms with E-state index in [-0.39, 0.29) is 17.6 Å². The number of piperazine rings is 1. The van der Waals surface area contributed by atoms with E-state index >= 15 is 0 Å². The molecule has 1 aliphatic rings. The number of aromatic nitrogens is 1. The summed E-state index contributed by atoms with van der Waals surface area (Å²) < 4.78 is 13.3. The van der Waals surface area contributed by atoms with Gasteiger partial charge in [0.2, 0.25) is 5.91 Å². The van der Waals surface area contributed by atoms with Gasteiger partial charge in [-0.2, -0.15) is 0 Å². The topological polar surface area (TPSA) is 36.4 Å². The molecular weight excluding hydrogens is 317 g/mol. The lowest BCUT2D eigenvalue weighted by atomic mass is 9.99. The molecule has 1 amide bonds. The molecule has 2 heterocycles. The zero-order valence-electron chi connectivity index (χ0n) is 14.6. The normalized spacial score (nSPS) is 16.6. The zero-order chi connectivity index (χ0) is 17.6. The van der Waals surface area contributed by atoms with Crippen molar-refractivity contribution in [2.45, 2.75) is 19.9 Å². The molecule has 1 atom stereocenters. The molecule has 2 aromatic rings. The second-order valence-corrected chi connectivity index (χ2v) is 6.66. The van der Waals surface area contributed by atoms with Crippen molar-refractivity contribution < 1.29 is 9.18 Å². The molecule has 3 rings (SSSR count). The van der Waals surface area contributed by atoms with Crippen LogP contribution in [0.2, 0.25) is 0 Å². The maximum Gasteiger partial charge on any atom is 0.225 e. The SMILES string of the molecule is C[C@H](Cc1cccc(F)c1)C(=O)N1CCN(Cc2ccccn2)CC1. The van der Waals surface area contributed by atoms with Crippen LogP contribution in [0, 0.1) is 11.7 Å². The van der Waals surface area contributed by atoms with Crippen LogP contribution >= 0.6 is 0 Å². The smallest absolute Gasteiger partial charge is 0.225 e. The first-order valence-corrected chi connectivity index (χ1v) is 8.77. The first kappa shape index (κ1) is 17.5. The number of halogens is 1. The fraction of sp³-hybridized carbons (Fsp3) is 0.400. The van der Waals surface area contributed by atoms with Crippen molar-refractivity contribution >= 4 is 5.91 Å². The van der Waals surface area contributed by atoms with Crippen molar-refractivity contribution in [2.24, 2.45) is 5.92 Å². The Kier molecular flexibility index (Phi) is 5.76. The van der Waals surface area contributed by atoms with Crippen LogP contribution in [-0.4, -0.2) is 46.9 Å². The third-order valence-electron chi connectivity index (χ3n) is 4.65. The number of carbonyl (C=O) groups is 1. The molecule has 1 aromatic carbocycles. The number of benzene rings is 1. The Labute approximate surface area is 148 Å². The van der Waals surface area contributed by atoms with Crippen LogP contribution in [-0.2, 0) is 17.8 Å². The number of hydrogen-bond acceptors (Lipinski definition) is 3. The number of pyridine rings is 1. The van der Waals surface area contributed by atoms with E-state index in [9.17, 15) is 9.18 Å². The molecule has 5 heteroatoms. The van der Waals surface area contributed by atoms with Crippen LogP contribution in [0.15, 0.2) is 48.7 Å². The Morgan fingerprint density at radius 1 is 1.16 bits per heavy atom. The van der Waals surface area contributed by atoms with Gasteiger partial charge in [-0.1, -0.05) is 25.1 Å². The Balaban J connectivity index is 1.49. The maximum absolute atomic E-state index is 13.3. The molecule has 0 aliphatic carbocycles. The van der Waals surface area contributed by atoms with Crippen LogP contribution < -0.4 is 0 Å². The molecule has 1 aliphatic heterocycles. The predicted molar refractivity (Wildman–Crippen MR) is 95.4 cm³/mol. The first-order valence-electron chi connectivity index (χ1n) is 8.77. The summed E-state index contributed by atoms with van der Waals surface area (Å²) in [5.74, 6) is -0.230. The van der Waals surface area contributed by atoms with Gasteiger partial charge in [-0.15, -0.1) is 0 Å². The number of carbonyl (C=O) groups excluding carboxylic acids is 1. The van der Waals surface area contributed by atoms with Gasteiger partial charge >= 0.3 is 0 Å². The van der Waals surface area contributed by atoms with Crippen molar-refractivity contribution in [2.75, 3.05) is 26.2 Å². The monoisotopic (exact) mass is 341 g/mol. The van der Waals surface area contributed by atoms with Crippen molar-refractivity contribution in [1.29, 1.82) is 0 Å². The van der Waals surface area contributed by atoms with Crippen LogP contribution in [0.5, 0.6) is 0 Å². The Bertz CT molecular complexity index is 699. The van der Waals surface area contributed by atoms with Crippen LogP contribution in [0.1, 0.15) is 18.2 Å². The van der Waals surface area contributed by atoms with E-state index in [1.54, 1.807) is 6.07 Å². The van der Waals surface area contributed by atoms with Crippen molar-refractivity contribution in [3.05, 3.63) is 65.7 Å². The highest BCUT2D eigenvalue weighted by atomic mass is 19.1. The summed E-state index contributed by atoms with van der Waals surface area (Å²) in [6, 6.07) is 12.4. The highest BCUT2D eigenvalue weighted by Crippen LogP contribution is 2.15. The number of nitrogens with zero attached hydrogens (tertiary/aromatic N) is 3. The van der Waals surface area contributed by atoms with Gasteiger partial charge in [-0.25, -0.2) is 4.39 Å². The third kappa shape index (κ3) is 4.86. The minimum Gasteiger partial charge on any atom is -0.340 e. The van der Waals surface area contributed by atoms with Gasteiger partial charge < -0.3 is 4.90 Å². The summed E-state index contributed by atoms with van der Waals surface area (Å²) in [6.45, 7) is 5.93. The van der Waals surface area contributed by atoms with Gasteiger partial charge in [0.25, 0.3) is 0 Å². The average molecular weight is 341 g/mol. The lowest BCUT2D eigenvalue weighted by Gasteiger charge is -2.35. The quantitative estimate of drug-likeness (QED) is 0.839. The van der Waals surface area contributed by atoms with Crippen molar-refractivity contribution in [3.8, 4) is 0 Å². The van der Waals surface area contributed by atoms with Crippen LogP contribution in [0.3, 0.4) is 0 Å². The van der Waals surface area contributed by atoms with E-state index in [1.165, 1.54) is 12.1 Å². The third-order valence-corrected chi connectivity index (χ3v) is 4.65. The number of amides is 1. The average Bonchev–Trinajstić information content (AvgIpc) is 2.62. The standard InChI is InChI=1S/C20H24FN3O/c1-16(13-17-5-4-6-18(21)14-17)20(25)24-11-9-23(10-12-24)15-19-7-2-3-8-22-19/h2-8,14,16H,9-13,15H2,1H3/t16-/m1/s1. The number of rotatable bonds is 5. The highest BCUT2D eigenvalue weighted by Gasteiger charge is 2.25. The highest BCUT2D eigenvalue weighted by molar-refractivity contribution is 5.79. The molecule has 0 saturated carbocycles. The van der Waals surface area contributed by atoms with Gasteiger partial charge in [-0.3, -0.25) is 14.7 Å². The molecule has 0 unspecified atom stereocenters. The molecule has 1 aromatic heterocycles. The molecule has 1 fully saturated rings. The summed E-state index contributed by atoms with van der Waals surface area (Å²) in [4.78, 5) is 21.3. The van der Waals surface area contributed by atoms with E-state index in [0.717, 1.165) is 44.0 Å². The summed E-state index contributed by atoms with van der Waals surface area (Å²) in [5.41, 5.74) is 1.93. The van der Waals surface area contributed by atoms with Crippen molar-refractivity contribution in [3.63, 3.8) is 0 Å². The molecule has 1 saturated heterocycles. The molecule has 4 nitrogen and oxygen atoms in total. The molecular formula is C20H24FN3O. The molecule has 0 radical (unpaired) electrons. The van der Waals surface area contributed by atoms with Gasteiger partial charge in [0.1, 0.15) is 5.82 Å². The molecule has 0 N–H and O–H groups in total. The summed E-state index contributed by atoms with van der Waals surface area (Å²) in [7, 11) is 0. The first-order chi connectivity index (χ1) is 12.1. The second-order valence-electron chi connectivity index (χ2n) is 6.66. The Morgan fingerprint density at radius 3 is 2.64 bits per heavy atom. The van der Waals surface area contributed by atoms with Gasteiger partial charge in [0, 0.05) is 44.8 Å². The number of hydrogen-bond donors (Lipinski definition) is 0. The maximum atomic E-state index is 13.3. The Morgan fingerprint density at radius 2 is 1.96 bits per heavy atom. The lowest BCUT2D eigenvalue weighted by Crippen LogP contribution is -2.50. The fourth-order valence-electron chi connectivity index (χ4n) is 3.26. The summed E-state index contributed by atoms with van der Waals surface area (Å²) >= 11 is 0. The second kappa shape index (κ2) is 8.21. The van der Waals surface area contributed by atoms with E-state index in [1.807, 2.05) is 42.3 Å². The molecule has 25 heavy (non-hydrogen) atoms. The fourth-order valence-corrected chi connectivity index (χ4v) is 3.26. The molecule has 0 spiro atoms. The van der Waals surface area contributed by atoms with Gasteiger partial charge in [0.15, 0.2) is 0 Å². The van der Waals surface area contributed by atoms with E-state index < -0.39 is 0 Å². The molecule has 132 valence electrons.